The number of rotatable bonds is 3. The number of aryl methyl sites for hydroxylation is 2. The Morgan fingerprint density at radius 2 is 0.887 bits per heavy atom. The van der Waals surface area contributed by atoms with E-state index in [9.17, 15) is 5.26 Å². The Morgan fingerprint density at radius 3 is 1.31 bits per heavy atom. The maximum Gasteiger partial charge on any atom is 0.415 e. The van der Waals surface area contributed by atoms with Gasteiger partial charge in [0.05, 0.1) is 68.2 Å². The van der Waals surface area contributed by atoms with Crippen molar-refractivity contribution in [3.63, 3.8) is 0 Å². The molecule has 4 aromatic heterocycles. The van der Waals surface area contributed by atoms with Gasteiger partial charge in [0.15, 0.2) is 5.69 Å². The van der Waals surface area contributed by atoms with E-state index in [1.165, 1.54) is 12.1 Å². The number of benzene rings is 8. The topological polar surface area (TPSA) is 47.9 Å². The molecule has 0 atom stereocenters. The van der Waals surface area contributed by atoms with Gasteiger partial charge in [0.2, 0.25) is 0 Å². The number of alkyl halides is 3. The van der Waals surface area contributed by atoms with Crippen molar-refractivity contribution in [1.29, 1.82) is 5.26 Å². The van der Waals surface area contributed by atoms with Crippen molar-refractivity contribution < 1.29 is 13.2 Å². The molecule has 12 aromatic rings. The largest absolute Gasteiger partial charge is 0.415 e. The van der Waals surface area contributed by atoms with Crippen LogP contribution in [0.4, 0.5) is 18.9 Å². The van der Waals surface area contributed by atoms with E-state index in [1.54, 1.807) is 12.1 Å². The van der Waals surface area contributed by atoms with Crippen LogP contribution in [0, 0.1) is 17.9 Å². The Bertz CT molecular complexity index is 3810. The van der Waals surface area contributed by atoms with Crippen LogP contribution in [0.15, 0.2) is 152 Å². The molecule has 8 aromatic carbocycles. The van der Waals surface area contributed by atoms with Gasteiger partial charge in [-0.05, 0) is 36.4 Å². The molecule has 0 aliphatic rings. The van der Waals surface area contributed by atoms with E-state index in [1.807, 2.05) is 96.0 Å². The van der Waals surface area contributed by atoms with Crippen LogP contribution in [-0.2, 0) is 20.3 Å². The molecule has 62 heavy (non-hydrogen) atoms. The summed E-state index contributed by atoms with van der Waals surface area (Å²) in [5, 5.41) is 18.6. The predicted octanol–water partition coefficient (Wildman–Crippen LogP) is 14.3. The monoisotopic (exact) mass is 808 g/mol. The smallest absolute Gasteiger partial charge is 0.342 e. The van der Waals surface area contributed by atoms with Crippen LogP contribution in [-0.4, -0.2) is 18.3 Å². The van der Waals surface area contributed by atoms with Gasteiger partial charge < -0.3 is 18.3 Å². The summed E-state index contributed by atoms with van der Waals surface area (Å²) < 4.78 is 55.5. The number of hydrogen-bond donors (Lipinski definition) is 0. The van der Waals surface area contributed by atoms with Crippen molar-refractivity contribution in [3.8, 4) is 28.6 Å². The van der Waals surface area contributed by atoms with E-state index in [0.717, 1.165) is 93.3 Å². The molecule has 0 saturated heterocycles. The lowest BCUT2D eigenvalue weighted by atomic mass is 9.92. The lowest BCUT2D eigenvalue weighted by molar-refractivity contribution is -0.137. The molecule has 294 valence electrons. The van der Waals surface area contributed by atoms with Crippen LogP contribution in [0.2, 0.25) is 0 Å². The number of nitrogens with zero attached hydrogens (tertiary/aromatic N) is 6. The van der Waals surface area contributed by atoms with Gasteiger partial charge in [-0.25, -0.2) is 4.85 Å². The SMILES string of the molecule is [C-]#[N+]c1cccc(C(F)(F)F)c1-c1c(-n2c3ccccc3c3ccc4c5ccccc5n(C)c4c32)cc(C#N)cc1-n1c2ccccc2c2ccc3c4ccccc4n(C)c3c21. The number of nitriles is 1. The van der Waals surface area contributed by atoms with Gasteiger partial charge in [0.25, 0.3) is 0 Å². The second kappa shape index (κ2) is 12.6. The molecule has 0 N–H and O–H groups in total. The van der Waals surface area contributed by atoms with E-state index in [2.05, 4.69) is 68.6 Å². The quantitative estimate of drug-likeness (QED) is 0.164. The van der Waals surface area contributed by atoms with Crippen molar-refractivity contribution >= 4 is 92.9 Å². The first-order valence-corrected chi connectivity index (χ1v) is 20.1. The molecule has 0 aliphatic carbocycles. The maximum absolute atomic E-state index is 15.7. The first kappa shape index (κ1) is 35.7. The highest BCUT2D eigenvalue weighted by molar-refractivity contribution is 6.25. The number of aromatic nitrogens is 4. The minimum atomic E-state index is -4.84. The van der Waals surface area contributed by atoms with Crippen LogP contribution in [0.3, 0.4) is 0 Å². The first-order chi connectivity index (χ1) is 30.2. The van der Waals surface area contributed by atoms with Crippen LogP contribution in [0.1, 0.15) is 11.1 Å². The third-order valence-electron chi connectivity index (χ3n) is 12.8. The molecule has 0 unspecified atom stereocenters. The van der Waals surface area contributed by atoms with Gasteiger partial charge >= 0.3 is 6.18 Å². The van der Waals surface area contributed by atoms with Crippen molar-refractivity contribution in [3.05, 3.63) is 174 Å². The predicted molar refractivity (Wildman–Crippen MR) is 245 cm³/mol. The van der Waals surface area contributed by atoms with Crippen molar-refractivity contribution in [2.24, 2.45) is 14.1 Å². The minimum Gasteiger partial charge on any atom is -0.342 e. The molecule has 9 heteroatoms. The standard InChI is InChI=1S/C53H31F3N6/c1-58-40-18-12-17-39(53(54,55)56)47(40)48-45(61-43-21-10-6-15-33(43)37-25-23-35-31-13-4-8-19-41(31)59(2)49(35)51(37)61)27-30(29-57)28-46(48)62-44-22-11-7-16-34(44)38-26-24-36-32-14-5-9-20-42(32)60(3)50(36)52(38)62/h4-28H,2-3H3. The molecule has 0 amide bonds. The molecule has 0 bridgehead atoms. The van der Waals surface area contributed by atoms with E-state index in [-0.39, 0.29) is 22.4 Å². The fraction of sp³-hybridized carbons (Fsp3) is 0.0566. The lowest BCUT2D eigenvalue weighted by Gasteiger charge is -2.24. The zero-order valence-corrected chi connectivity index (χ0v) is 33.3. The highest BCUT2D eigenvalue weighted by atomic mass is 19.4. The summed E-state index contributed by atoms with van der Waals surface area (Å²) in [5.74, 6) is 0. The van der Waals surface area contributed by atoms with Crippen molar-refractivity contribution in [2.75, 3.05) is 0 Å². The van der Waals surface area contributed by atoms with Gasteiger partial charge in [0, 0.05) is 79.3 Å². The number of fused-ring (bicyclic) bond motifs is 14. The highest BCUT2D eigenvalue weighted by Crippen LogP contribution is 2.51. The van der Waals surface area contributed by atoms with Gasteiger partial charge in [-0.1, -0.05) is 115 Å². The third-order valence-corrected chi connectivity index (χ3v) is 12.8. The lowest BCUT2D eigenvalue weighted by Crippen LogP contribution is -2.11. The fourth-order valence-electron chi connectivity index (χ4n) is 10.3. The van der Waals surface area contributed by atoms with Crippen molar-refractivity contribution in [1.82, 2.24) is 18.3 Å². The molecular formula is C53H31F3N6. The van der Waals surface area contributed by atoms with Crippen LogP contribution < -0.4 is 0 Å². The zero-order valence-electron chi connectivity index (χ0n) is 33.3. The fourth-order valence-corrected chi connectivity index (χ4v) is 10.3. The normalized spacial score (nSPS) is 12.2. The summed E-state index contributed by atoms with van der Waals surface area (Å²) in [6, 6.07) is 49.9. The summed E-state index contributed by atoms with van der Waals surface area (Å²) in [6.45, 7) is 8.41. The number of para-hydroxylation sites is 4. The summed E-state index contributed by atoms with van der Waals surface area (Å²) in [4.78, 5) is 3.80. The molecule has 6 nitrogen and oxygen atoms in total. The van der Waals surface area contributed by atoms with E-state index in [0.29, 0.717) is 11.4 Å². The van der Waals surface area contributed by atoms with Crippen molar-refractivity contribution in [2.45, 2.75) is 6.18 Å². The molecule has 0 aliphatic heterocycles. The molecular weight excluding hydrogens is 778 g/mol. The Balaban J connectivity index is 1.38. The van der Waals surface area contributed by atoms with Crippen LogP contribution >= 0.6 is 0 Å². The van der Waals surface area contributed by atoms with Gasteiger partial charge in [0.1, 0.15) is 0 Å². The second-order valence-corrected chi connectivity index (χ2v) is 15.9. The molecule has 12 rings (SSSR count). The number of hydrogen-bond acceptors (Lipinski definition) is 1. The number of halogens is 3. The summed E-state index contributed by atoms with van der Waals surface area (Å²) in [5.41, 5.74) is 6.59. The highest BCUT2D eigenvalue weighted by Gasteiger charge is 2.37. The van der Waals surface area contributed by atoms with Gasteiger partial charge in [-0.3, -0.25) is 0 Å². The van der Waals surface area contributed by atoms with E-state index < -0.39 is 11.7 Å². The molecule has 0 spiro atoms. The van der Waals surface area contributed by atoms with Gasteiger partial charge in [-0.2, -0.15) is 18.4 Å². The van der Waals surface area contributed by atoms with E-state index >= 15 is 13.2 Å². The average molecular weight is 809 g/mol. The Morgan fingerprint density at radius 1 is 0.484 bits per heavy atom. The minimum absolute atomic E-state index is 0.155. The molecule has 0 fully saturated rings. The second-order valence-electron chi connectivity index (χ2n) is 15.9. The molecule has 4 heterocycles. The maximum atomic E-state index is 15.7. The van der Waals surface area contributed by atoms with E-state index in [4.69, 9.17) is 6.57 Å². The summed E-state index contributed by atoms with van der Waals surface area (Å²) in [7, 11) is 4.01. The van der Waals surface area contributed by atoms with Gasteiger partial charge in [-0.15, -0.1) is 0 Å². The van der Waals surface area contributed by atoms with Crippen LogP contribution in [0.5, 0.6) is 0 Å². The molecule has 0 saturated carbocycles. The summed E-state index contributed by atoms with van der Waals surface area (Å²) >= 11 is 0. The first-order valence-electron chi connectivity index (χ1n) is 20.1. The third kappa shape index (κ3) is 4.62. The molecule has 0 radical (unpaired) electrons. The summed E-state index contributed by atoms with van der Waals surface area (Å²) in [6.07, 6.45) is -4.84. The average Bonchev–Trinajstić information content (AvgIpc) is 4.00. The Hall–Kier alpha value is -8.27. The Kier molecular flexibility index (Phi) is 7.26. The Labute approximate surface area is 351 Å². The zero-order chi connectivity index (χ0) is 42.2. The van der Waals surface area contributed by atoms with Crippen LogP contribution in [0.25, 0.3) is 115 Å².